The second kappa shape index (κ2) is 6.31. The molecule has 0 bridgehead atoms. The van der Waals surface area contributed by atoms with E-state index in [9.17, 15) is 4.79 Å². The highest BCUT2D eigenvalue weighted by molar-refractivity contribution is 5.78. The largest absolute Gasteiger partial charge is 0.493 e. The zero-order valence-corrected chi connectivity index (χ0v) is 10.3. The molecule has 0 amide bonds. The Morgan fingerprint density at radius 1 is 1.44 bits per heavy atom. The van der Waals surface area contributed by atoms with Crippen molar-refractivity contribution in [3.8, 4) is 5.75 Å². The number of hydrogen-bond acceptors (Lipinski definition) is 2. The van der Waals surface area contributed by atoms with Crippen LogP contribution in [0.1, 0.15) is 32.8 Å². The zero-order chi connectivity index (χ0) is 12.0. The van der Waals surface area contributed by atoms with Crippen molar-refractivity contribution in [2.75, 3.05) is 6.61 Å². The number of carbonyl (C=O) groups excluding carboxylic acids is 1. The van der Waals surface area contributed by atoms with E-state index in [1.165, 1.54) is 0 Å². The Morgan fingerprint density at radius 3 is 2.81 bits per heavy atom. The van der Waals surface area contributed by atoms with Crippen molar-refractivity contribution in [2.24, 2.45) is 5.92 Å². The van der Waals surface area contributed by atoms with Crippen LogP contribution in [-0.4, -0.2) is 12.4 Å². The highest BCUT2D eigenvalue weighted by atomic mass is 16.5. The predicted octanol–water partition coefficient (Wildman–Crippen LogP) is 3.24. The first-order valence-electron chi connectivity index (χ1n) is 5.83. The number of ether oxygens (including phenoxy) is 1. The van der Waals surface area contributed by atoms with E-state index in [0.29, 0.717) is 12.3 Å². The Hall–Kier alpha value is -1.31. The Bertz CT molecular complexity index is 344. The van der Waals surface area contributed by atoms with Crippen LogP contribution in [-0.2, 0) is 11.2 Å². The molecule has 0 fully saturated rings. The van der Waals surface area contributed by atoms with Crippen molar-refractivity contribution in [1.82, 2.24) is 0 Å². The van der Waals surface area contributed by atoms with Gasteiger partial charge in [0.2, 0.25) is 0 Å². The van der Waals surface area contributed by atoms with Gasteiger partial charge in [-0.05, 0) is 30.5 Å². The molecule has 16 heavy (non-hydrogen) atoms. The van der Waals surface area contributed by atoms with Crippen molar-refractivity contribution >= 4 is 5.78 Å². The maximum absolute atomic E-state index is 11.0. The third kappa shape index (κ3) is 4.47. The summed E-state index contributed by atoms with van der Waals surface area (Å²) < 4.78 is 5.67. The van der Waals surface area contributed by atoms with Crippen molar-refractivity contribution in [3.05, 3.63) is 29.8 Å². The molecular formula is C14H20O2. The molecule has 1 aromatic rings. The first-order valence-corrected chi connectivity index (χ1v) is 5.83. The highest BCUT2D eigenvalue weighted by Crippen LogP contribution is 2.15. The Kier molecular flexibility index (Phi) is 5.03. The summed E-state index contributed by atoms with van der Waals surface area (Å²) >= 11 is 0. The number of carbonyl (C=O) groups is 1. The van der Waals surface area contributed by atoms with Crippen molar-refractivity contribution in [2.45, 2.75) is 33.6 Å². The molecule has 2 nitrogen and oxygen atoms in total. The van der Waals surface area contributed by atoms with Gasteiger partial charge in [-0.2, -0.15) is 0 Å². The topological polar surface area (TPSA) is 26.3 Å². The van der Waals surface area contributed by atoms with Gasteiger partial charge in [0.05, 0.1) is 6.61 Å². The van der Waals surface area contributed by atoms with Gasteiger partial charge in [-0.1, -0.05) is 32.4 Å². The molecule has 0 heterocycles. The second-order valence-electron chi connectivity index (χ2n) is 4.35. The molecule has 1 rings (SSSR count). The second-order valence-corrected chi connectivity index (χ2v) is 4.35. The summed E-state index contributed by atoms with van der Waals surface area (Å²) in [6.07, 6.45) is 1.60. The van der Waals surface area contributed by atoms with E-state index in [1.54, 1.807) is 6.92 Å². The lowest BCUT2D eigenvalue weighted by Crippen LogP contribution is -2.07. The highest BCUT2D eigenvalue weighted by Gasteiger charge is 2.02. The smallest absolute Gasteiger partial charge is 0.134 e. The lowest BCUT2D eigenvalue weighted by atomic mass is 10.1. The van der Waals surface area contributed by atoms with Gasteiger partial charge >= 0.3 is 0 Å². The third-order valence-corrected chi connectivity index (χ3v) is 2.58. The van der Waals surface area contributed by atoms with E-state index >= 15 is 0 Å². The van der Waals surface area contributed by atoms with Crippen molar-refractivity contribution in [1.29, 1.82) is 0 Å². The number of rotatable bonds is 6. The standard InChI is InChI=1S/C14H20O2/c1-4-11(2)10-16-14-7-5-6-13(9-14)8-12(3)15/h5-7,9,11H,4,8,10H2,1-3H3. The summed E-state index contributed by atoms with van der Waals surface area (Å²) in [5.41, 5.74) is 1.02. The first kappa shape index (κ1) is 12.8. The minimum atomic E-state index is 0.180. The van der Waals surface area contributed by atoms with Gasteiger partial charge in [0.1, 0.15) is 11.5 Å². The van der Waals surface area contributed by atoms with Gasteiger partial charge in [-0.3, -0.25) is 4.79 Å². The van der Waals surface area contributed by atoms with Gasteiger partial charge in [-0.25, -0.2) is 0 Å². The molecule has 0 saturated heterocycles. The van der Waals surface area contributed by atoms with Crippen LogP contribution in [0.15, 0.2) is 24.3 Å². The zero-order valence-electron chi connectivity index (χ0n) is 10.3. The summed E-state index contributed by atoms with van der Waals surface area (Å²) in [5, 5.41) is 0. The van der Waals surface area contributed by atoms with E-state index in [0.717, 1.165) is 24.3 Å². The maximum atomic E-state index is 11.0. The number of Topliss-reactive ketones (excluding diaryl/α,β-unsaturated/α-hetero) is 1. The molecule has 0 saturated carbocycles. The molecule has 2 heteroatoms. The number of ketones is 1. The van der Waals surface area contributed by atoms with E-state index in [2.05, 4.69) is 13.8 Å². The minimum absolute atomic E-state index is 0.180. The Labute approximate surface area is 97.6 Å². The minimum Gasteiger partial charge on any atom is -0.493 e. The normalized spacial score (nSPS) is 12.2. The van der Waals surface area contributed by atoms with Crippen LogP contribution in [0.25, 0.3) is 0 Å². The lowest BCUT2D eigenvalue weighted by molar-refractivity contribution is -0.116. The van der Waals surface area contributed by atoms with Gasteiger partial charge in [0.15, 0.2) is 0 Å². The monoisotopic (exact) mass is 220 g/mol. The Morgan fingerprint density at radius 2 is 2.19 bits per heavy atom. The molecule has 0 aliphatic rings. The van der Waals surface area contributed by atoms with E-state index in [1.807, 2.05) is 24.3 Å². The number of hydrogen-bond donors (Lipinski definition) is 0. The van der Waals surface area contributed by atoms with Crippen LogP contribution in [0.5, 0.6) is 5.75 Å². The molecule has 1 unspecified atom stereocenters. The molecular weight excluding hydrogens is 200 g/mol. The van der Waals surface area contributed by atoms with Gasteiger partial charge in [-0.15, -0.1) is 0 Å². The molecule has 0 aliphatic heterocycles. The molecule has 0 aliphatic carbocycles. The summed E-state index contributed by atoms with van der Waals surface area (Å²) in [6, 6.07) is 7.78. The van der Waals surface area contributed by atoms with Gasteiger partial charge in [0, 0.05) is 6.42 Å². The summed E-state index contributed by atoms with van der Waals surface area (Å²) in [7, 11) is 0. The molecule has 1 aromatic carbocycles. The molecule has 0 aromatic heterocycles. The average molecular weight is 220 g/mol. The molecule has 88 valence electrons. The van der Waals surface area contributed by atoms with Crippen LogP contribution in [0.3, 0.4) is 0 Å². The van der Waals surface area contributed by atoms with Crippen LogP contribution >= 0.6 is 0 Å². The van der Waals surface area contributed by atoms with Crippen molar-refractivity contribution in [3.63, 3.8) is 0 Å². The predicted molar refractivity (Wildman–Crippen MR) is 65.8 cm³/mol. The van der Waals surface area contributed by atoms with Crippen LogP contribution in [0.2, 0.25) is 0 Å². The van der Waals surface area contributed by atoms with Crippen molar-refractivity contribution < 1.29 is 9.53 Å². The molecule has 0 radical (unpaired) electrons. The SMILES string of the molecule is CCC(C)COc1cccc(CC(C)=O)c1. The maximum Gasteiger partial charge on any atom is 0.134 e. The fourth-order valence-electron chi connectivity index (χ4n) is 1.39. The van der Waals surface area contributed by atoms with E-state index in [-0.39, 0.29) is 5.78 Å². The summed E-state index contributed by atoms with van der Waals surface area (Å²) in [5.74, 6) is 1.61. The van der Waals surface area contributed by atoms with Gasteiger partial charge < -0.3 is 4.74 Å². The van der Waals surface area contributed by atoms with Crippen LogP contribution in [0, 0.1) is 5.92 Å². The number of benzene rings is 1. The molecule has 0 N–H and O–H groups in total. The molecule has 0 spiro atoms. The summed E-state index contributed by atoms with van der Waals surface area (Å²) in [6.45, 7) is 6.66. The fraction of sp³-hybridized carbons (Fsp3) is 0.500. The third-order valence-electron chi connectivity index (χ3n) is 2.58. The summed E-state index contributed by atoms with van der Waals surface area (Å²) in [4.78, 5) is 11.0. The average Bonchev–Trinajstić information content (AvgIpc) is 2.25. The van der Waals surface area contributed by atoms with Crippen LogP contribution < -0.4 is 4.74 Å². The van der Waals surface area contributed by atoms with Gasteiger partial charge in [0.25, 0.3) is 0 Å². The van der Waals surface area contributed by atoms with E-state index in [4.69, 9.17) is 4.74 Å². The molecule has 1 atom stereocenters. The first-order chi connectivity index (χ1) is 7.61. The fourth-order valence-corrected chi connectivity index (χ4v) is 1.39. The van der Waals surface area contributed by atoms with Crippen LogP contribution in [0.4, 0.5) is 0 Å². The van der Waals surface area contributed by atoms with E-state index < -0.39 is 0 Å². The lowest BCUT2D eigenvalue weighted by Gasteiger charge is -2.11. The Balaban J connectivity index is 2.56. The quantitative estimate of drug-likeness (QED) is 0.735.